The highest BCUT2D eigenvalue weighted by Crippen LogP contribution is 2.53. The van der Waals surface area contributed by atoms with Gasteiger partial charge < -0.3 is 15.2 Å². The summed E-state index contributed by atoms with van der Waals surface area (Å²) in [7, 11) is -4.45. The first kappa shape index (κ1) is 27.8. The Labute approximate surface area is 209 Å². The van der Waals surface area contributed by atoms with Crippen LogP contribution in [0.5, 0.6) is 0 Å². The molecule has 2 amide bonds. The highest BCUT2D eigenvalue weighted by Gasteiger charge is 2.68. The number of anilines is 1. The number of sulfone groups is 1. The molecule has 1 aromatic carbocycles. The molecule has 1 aromatic rings. The first-order valence-corrected chi connectivity index (χ1v) is 13.0. The number of rotatable bonds is 2. The van der Waals surface area contributed by atoms with Crippen molar-refractivity contribution in [3.05, 3.63) is 29.6 Å². The fourth-order valence-electron chi connectivity index (χ4n) is 4.63. The van der Waals surface area contributed by atoms with Crippen LogP contribution in [0, 0.1) is 5.82 Å². The Balaban J connectivity index is 2.36. The number of carbonyl (C=O) groups excluding carboxylic acids is 2. The number of alkyl halides is 1. The van der Waals surface area contributed by atoms with Gasteiger partial charge in [0, 0.05) is 11.3 Å². The molecule has 2 aliphatic rings. The molecule has 12 heteroatoms. The number of nitrogens with two attached hydrogens (primary N) is 1. The van der Waals surface area contributed by atoms with Crippen molar-refractivity contribution in [1.82, 2.24) is 4.90 Å². The van der Waals surface area contributed by atoms with E-state index in [-0.39, 0.29) is 24.1 Å². The van der Waals surface area contributed by atoms with Crippen LogP contribution in [-0.4, -0.2) is 59.2 Å². The normalized spacial score (nSPS) is 27.2. The van der Waals surface area contributed by atoms with Gasteiger partial charge >= 0.3 is 12.2 Å². The van der Waals surface area contributed by atoms with E-state index in [1.165, 1.54) is 19.1 Å². The second kappa shape index (κ2) is 8.67. The van der Waals surface area contributed by atoms with Crippen molar-refractivity contribution in [3.8, 4) is 0 Å². The lowest BCUT2D eigenvalue weighted by Crippen LogP contribution is -2.63. The fraction of sp³-hybridized carbons (Fsp3) is 0.625. The molecule has 1 fully saturated rings. The number of amides is 2. The van der Waals surface area contributed by atoms with Crippen molar-refractivity contribution in [3.63, 3.8) is 0 Å². The van der Waals surface area contributed by atoms with E-state index >= 15 is 4.39 Å². The number of halogens is 2. The Morgan fingerprint density at radius 3 is 2.14 bits per heavy atom. The summed E-state index contributed by atoms with van der Waals surface area (Å²) in [6.45, 7) is 9.16. The Hall–Kier alpha value is -2.76. The number of aliphatic imine (C=N–C) groups is 1. The number of hydrogen-bond donors (Lipinski definition) is 1. The van der Waals surface area contributed by atoms with Crippen molar-refractivity contribution in [2.75, 3.05) is 12.4 Å². The molecule has 200 valence electrons. The first-order chi connectivity index (χ1) is 16.3. The van der Waals surface area contributed by atoms with Crippen molar-refractivity contribution in [2.45, 2.75) is 88.0 Å². The predicted molar refractivity (Wildman–Crippen MR) is 131 cm³/mol. The van der Waals surface area contributed by atoms with Gasteiger partial charge in [0.05, 0.1) is 5.25 Å². The number of nitrogens with zero attached hydrogens (tertiary/aromatic N) is 2. The summed E-state index contributed by atoms with van der Waals surface area (Å²) < 4.78 is 65.9. The third-order valence-corrected chi connectivity index (χ3v) is 9.25. The molecule has 2 aliphatic heterocycles. The fourth-order valence-corrected chi connectivity index (χ4v) is 7.34. The predicted octanol–water partition coefficient (Wildman–Crippen LogP) is 4.49. The second-order valence-electron chi connectivity index (χ2n) is 11.3. The topological polar surface area (TPSA) is 128 Å². The molecule has 2 heterocycles. The number of benzene rings is 1. The number of carbonyl (C=O) groups is 2. The van der Waals surface area contributed by atoms with Crippen LogP contribution in [0.4, 0.5) is 24.1 Å². The summed E-state index contributed by atoms with van der Waals surface area (Å²) in [5.41, 5.74) is 1.82. The summed E-state index contributed by atoms with van der Waals surface area (Å²) in [6.07, 6.45) is -2.95. The summed E-state index contributed by atoms with van der Waals surface area (Å²) in [5, 5.41) is -1.32. The van der Waals surface area contributed by atoms with Gasteiger partial charge in [-0.15, -0.1) is 0 Å². The summed E-state index contributed by atoms with van der Waals surface area (Å²) in [4.78, 5) is 31.4. The Kier molecular flexibility index (Phi) is 6.70. The molecule has 0 aliphatic carbocycles. The standard InChI is InChI=1S/C24H33F2N3O6S/c1-21(2,3)34-19(30)29(20(31)35-22(4,5)6)18-24(13-25)11-10-17(36(24,32)33)23(7,28-18)15-12-14(27)8-9-16(15)26/h8-9,12,17H,10-11,13,27H2,1-7H3/t17-,23-,24-/m1/s1. The van der Waals surface area contributed by atoms with Gasteiger partial charge in [-0.05, 0) is 79.5 Å². The number of amidine groups is 1. The van der Waals surface area contributed by atoms with Crippen LogP contribution < -0.4 is 5.73 Å². The third-order valence-electron chi connectivity index (χ3n) is 6.22. The minimum Gasteiger partial charge on any atom is -0.443 e. The largest absolute Gasteiger partial charge is 0.443 e. The molecule has 3 rings (SSSR count). The second-order valence-corrected chi connectivity index (χ2v) is 13.8. The Morgan fingerprint density at radius 2 is 1.67 bits per heavy atom. The molecule has 1 saturated heterocycles. The van der Waals surface area contributed by atoms with Crippen LogP contribution in [-0.2, 0) is 24.8 Å². The van der Waals surface area contributed by atoms with Crippen LogP contribution in [0.1, 0.15) is 66.9 Å². The molecule has 0 spiro atoms. The maximum atomic E-state index is 15.1. The van der Waals surface area contributed by atoms with Crippen molar-refractivity contribution in [1.29, 1.82) is 0 Å². The summed E-state index contributed by atoms with van der Waals surface area (Å²) in [6, 6.07) is 3.62. The van der Waals surface area contributed by atoms with E-state index in [1.54, 1.807) is 41.5 Å². The lowest BCUT2D eigenvalue weighted by molar-refractivity contribution is 0.0138. The number of imide groups is 1. The number of hydrogen-bond acceptors (Lipinski definition) is 8. The van der Waals surface area contributed by atoms with E-state index in [0.29, 0.717) is 4.90 Å². The summed E-state index contributed by atoms with van der Waals surface area (Å²) in [5.74, 6) is -1.49. The zero-order valence-corrected chi connectivity index (χ0v) is 22.3. The zero-order chi connectivity index (χ0) is 27.5. The van der Waals surface area contributed by atoms with Gasteiger partial charge in [0.25, 0.3) is 0 Å². The van der Waals surface area contributed by atoms with Gasteiger partial charge in [-0.2, -0.15) is 4.90 Å². The molecule has 0 aromatic heterocycles. The van der Waals surface area contributed by atoms with Gasteiger partial charge in [-0.3, -0.25) is 4.99 Å². The molecule has 9 nitrogen and oxygen atoms in total. The molecule has 2 N–H and O–H groups in total. The van der Waals surface area contributed by atoms with Crippen molar-refractivity contribution >= 4 is 33.5 Å². The SMILES string of the molecule is CC(C)(C)OC(=O)N(C(=O)OC(C)(C)C)C1=N[C@](C)(c2cc(N)ccc2F)[C@H]2CC[C@]1(CF)S2(=O)=O. The van der Waals surface area contributed by atoms with Gasteiger partial charge in [0.1, 0.15) is 35.1 Å². The lowest BCUT2D eigenvalue weighted by atomic mass is 9.86. The number of nitrogen functional groups attached to an aromatic ring is 1. The Morgan fingerprint density at radius 1 is 1.14 bits per heavy atom. The average molecular weight is 530 g/mol. The van der Waals surface area contributed by atoms with Crippen LogP contribution in [0.2, 0.25) is 0 Å². The lowest BCUT2D eigenvalue weighted by Gasteiger charge is -2.43. The molecule has 0 radical (unpaired) electrons. The zero-order valence-electron chi connectivity index (χ0n) is 21.5. The molecule has 3 atom stereocenters. The van der Waals surface area contributed by atoms with Gasteiger partial charge in [0.2, 0.25) is 0 Å². The van der Waals surface area contributed by atoms with Crippen LogP contribution in [0.25, 0.3) is 0 Å². The maximum Gasteiger partial charge on any atom is 0.425 e. The molecule has 2 bridgehead atoms. The van der Waals surface area contributed by atoms with Crippen molar-refractivity contribution < 1.29 is 36.3 Å². The van der Waals surface area contributed by atoms with E-state index in [4.69, 9.17) is 15.2 Å². The molecular formula is C24H33F2N3O6S. The highest BCUT2D eigenvalue weighted by atomic mass is 32.2. The Bertz CT molecular complexity index is 1190. The highest BCUT2D eigenvalue weighted by molar-refractivity contribution is 7.94. The van der Waals surface area contributed by atoms with Crippen LogP contribution >= 0.6 is 0 Å². The average Bonchev–Trinajstić information content (AvgIpc) is 2.88. The minimum atomic E-state index is -4.45. The van der Waals surface area contributed by atoms with Crippen molar-refractivity contribution in [2.24, 2.45) is 4.99 Å². The van der Waals surface area contributed by atoms with Gasteiger partial charge in [-0.1, -0.05) is 0 Å². The molecule has 0 unspecified atom stereocenters. The van der Waals surface area contributed by atoms with Gasteiger partial charge in [0.15, 0.2) is 14.6 Å². The van der Waals surface area contributed by atoms with E-state index in [2.05, 4.69) is 4.99 Å². The molecule has 0 saturated carbocycles. The third kappa shape index (κ3) is 4.55. The van der Waals surface area contributed by atoms with Crippen LogP contribution in [0.3, 0.4) is 0 Å². The molecular weight excluding hydrogens is 496 g/mol. The van der Waals surface area contributed by atoms with E-state index in [1.807, 2.05) is 0 Å². The van der Waals surface area contributed by atoms with E-state index in [9.17, 15) is 22.4 Å². The number of ether oxygens (including phenoxy) is 2. The maximum absolute atomic E-state index is 15.1. The smallest absolute Gasteiger partial charge is 0.425 e. The first-order valence-electron chi connectivity index (χ1n) is 11.5. The van der Waals surface area contributed by atoms with Crippen LogP contribution in [0.15, 0.2) is 23.2 Å². The number of fused-ring (bicyclic) bond motifs is 2. The van der Waals surface area contributed by atoms with E-state index in [0.717, 1.165) is 6.07 Å². The minimum absolute atomic E-state index is 0.0829. The van der Waals surface area contributed by atoms with Gasteiger partial charge in [-0.25, -0.2) is 26.8 Å². The quantitative estimate of drug-likeness (QED) is 0.559. The molecule has 36 heavy (non-hydrogen) atoms. The van der Waals surface area contributed by atoms with E-state index < -0.39 is 67.1 Å². The summed E-state index contributed by atoms with van der Waals surface area (Å²) >= 11 is 0. The monoisotopic (exact) mass is 529 g/mol.